The molecule has 0 saturated heterocycles. The van der Waals surface area contributed by atoms with E-state index < -0.39 is 0 Å². The summed E-state index contributed by atoms with van der Waals surface area (Å²) in [5.41, 5.74) is 1.43. The number of nitrogens with one attached hydrogen (secondary N) is 1. The Kier molecular flexibility index (Phi) is 5.60. The molecule has 0 bridgehead atoms. The molecule has 102 valence electrons. The van der Waals surface area contributed by atoms with Crippen LogP contribution in [0.5, 0.6) is 5.75 Å². The molecule has 1 aromatic rings. The van der Waals surface area contributed by atoms with Crippen LogP contribution in [0.1, 0.15) is 46.6 Å². The Morgan fingerprint density at radius 3 is 2.61 bits per heavy atom. The highest BCUT2D eigenvalue weighted by Gasteiger charge is 2.07. The Labute approximate surface area is 111 Å². The monoisotopic (exact) mass is 250 g/mol. The SMILES string of the molecule is CC(C)Oc1cncc(CCCNC(C)(C)C)c1. The molecule has 0 fully saturated rings. The van der Waals surface area contributed by atoms with Gasteiger partial charge >= 0.3 is 0 Å². The third-order valence-corrected chi connectivity index (χ3v) is 2.44. The summed E-state index contributed by atoms with van der Waals surface area (Å²) in [5, 5.41) is 3.49. The first-order chi connectivity index (χ1) is 8.37. The number of ether oxygens (including phenoxy) is 1. The maximum atomic E-state index is 5.64. The first-order valence-corrected chi connectivity index (χ1v) is 6.72. The zero-order chi connectivity index (χ0) is 13.6. The van der Waals surface area contributed by atoms with Crippen molar-refractivity contribution in [2.75, 3.05) is 6.54 Å². The van der Waals surface area contributed by atoms with Crippen molar-refractivity contribution in [2.24, 2.45) is 0 Å². The second-order valence-corrected chi connectivity index (χ2v) is 5.98. The van der Waals surface area contributed by atoms with Crippen molar-refractivity contribution in [1.82, 2.24) is 10.3 Å². The zero-order valence-corrected chi connectivity index (χ0v) is 12.3. The lowest BCUT2D eigenvalue weighted by Crippen LogP contribution is -2.36. The molecule has 0 aliphatic rings. The van der Waals surface area contributed by atoms with Gasteiger partial charge in [-0.15, -0.1) is 0 Å². The van der Waals surface area contributed by atoms with Gasteiger partial charge in [-0.25, -0.2) is 0 Å². The van der Waals surface area contributed by atoms with E-state index >= 15 is 0 Å². The first kappa shape index (κ1) is 15.0. The van der Waals surface area contributed by atoms with Crippen LogP contribution >= 0.6 is 0 Å². The van der Waals surface area contributed by atoms with E-state index in [-0.39, 0.29) is 11.6 Å². The summed E-state index contributed by atoms with van der Waals surface area (Å²) in [6, 6.07) is 2.09. The number of aryl methyl sites for hydroxylation is 1. The van der Waals surface area contributed by atoms with Crippen LogP contribution in [0.3, 0.4) is 0 Å². The fourth-order valence-corrected chi connectivity index (χ4v) is 1.69. The lowest BCUT2D eigenvalue weighted by Gasteiger charge is -2.20. The number of nitrogens with zero attached hydrogens (tertiary/aromatic N) is 1. The van der Waals surface area contributed by atoms with E-state index in [9.17, 15) is 0 Å². The molecule has 1 heterocycles. The number of aromatic nitrogens is 1. The van der Waals surface area contributed by atoms with Gasteiger partial charge < -0.3 is 10.1 Å². The van der Waals surface area contributed by atoms with E-state index in [2.05, 4.69) is 37.1 Å². The van der Waals surface area contributed by atoms with Crippen LogP contribution in [0.25, 0.3) is 0 Å². The Hall–Kier alpha value is -1.09. The zero-order valence-electron chi connectivity index (χ0n) is 12.3. The topological polar surface area (TPSA) is 34.1 Å². The highest BCUT2D eigenvalue weighted by atomic mass is 16.5. The van der Waals surface area contributed by atoms with Gasteiger partial charge in [0.25, 0.3) is 0 Å². The van der Waals surface area contributed by atoms with Crippen molar-refractivity contribution in [3.63, 3.8) is 0 Å². The van der Waals surface area contributed by atoms with Gasteiger partial charge in [-0.05, 0) is 65.6 Å². The molecule has 0 radical (unpaired) electrons. The number of pyridine rings is 1. The van der Waals surface area contributed by atoms with Crippen LogP contribution in [-0.4, -0.2) is 23.2 Å². The Bertz CT molecular complexity index is 356. The van der Waals surface area contributed by atoms with Crippen molar-refractivity contribution in [1.29, 1.82) is 0 Å². The summed E-state index contributed by atoms with van der Waals surface area (Å²) in [5.74, 6) is 0.867. The minimum Gasteiger partial charge on any atom is -0.489 e. The largest absolute Gasteiger partial charge is 0.489 e. The third-order valence-electron chi connectivity index (χ3n) is 2.44. The van der Waals surface area contributed by atoms with Gasteiger partial charge in [-0.1, -0.05) is 0 Å². The smallest absolute Gasteiger partial charge is 0.138 e. The Morgan fingerprint density at radius 1 is 1.28 bits per heavy atom. The lowest BCUT2D eigenvalue weighted by atomic mass is 10.1. The predicted molar refractivity (Wildman–Crippen MR) is 76.1 cm³/mol. The fourth-order valence-electron chi connectivity index (χ4n) is 1.69. The average Bonchev–Trinajstić information content (AvgIpc) is 2.23. The Morgan fingerprint density at radius 2 is 2.00 bits per heavy atom. The summed E-state index contributed by atoms with van der Waals surface area (Å²) in [4.78, 5) is 4.22. The quantitative estimate of drug-likeness (QED) is 0.787. The number of hydrogen-bond donors (Lipinski definition) is 1. The molecule has 0 aromatic carbocycles. The molecule has 0 amide bonds. The van der Waals surface area contributed by atoms with E-state index in [1.165, 1.54) is 5.56 Å². The van der Waals surface area contributed by atoms with E-state index in [1.54, 1.807) is 6.20 Å². The molecule has 3 heteroatoms. The first-order valence-electron chi connectivity index (χ1n) is 6.72. The number of hydrogen-bond acceptors (Lipinski definition) is 3. The highest BCUT2D eigenvalue weighted by Crippen LogP contribution is 2.14. The van der Waals surface area contributed by atoms with Crippen molar-refractivity contribution >= 4 is 0 Å². The third kappa shape index (κ3) is 6.60. The van der Waals surface area contributed by atoms with Gasteiger partial charge in [-0.3, -0.25) is 4.98 Å². The maximum absolute atomic E-state index is 5.64. The second-order valence-electron chi connectivity index (χ2n) is 5.98. The average molecular weight is 250 g/mol. The summed E-state index contributed by atoms with van der Waals surface area (Å²) in [7, 11) is 0. The van der Waals surface area contributed by atoms with Gasteiger partial charge in [0.2, 0.25) is 0 Å². The van der Waals surface area contributed by atoms with Crippen LogP contribution in [0, 0.1) is 0 Å². The molecule has 0 spiro atoms. The molecule has 0 unspecified atom stereocenters. The van der Waals surface area contributed by atoms with Gasteiger partial charge in [-0.2, -0.15) is 0 Å². The molecule has 0 atom stereocenters. The maximum Gasteiger partial charge on any atom is 0.138 e. The van der Waals surface area contributed by atoms with Gasteiger partial charge in [0.15, 0.2) is 0 Å². The molecule has 1 aromatic heterocycles. The molecule has 0 aliphatic carbocycles. The summed E-state index contributed by atoms with van der Waals surface area (Å²) >= 11 is 0. The second kappa shape index (κ2) is 6.74. The molecule has 0 aliphatic heterocycles. The molecular weight excluding hydrogens is 224 g/mol. The van der Waals surface area contributed by atoms with Gasteiger partial charge in [0, 0.05) is 11.7 Å². The van der Waals surface area contributed by atoms with Crippen LogP contribution in [0.15, 0.2) is 18.5 Å². The lowest BCUT2D eigenvalue weighted by molar-refractivity contribution is 0.241. The minimum absolute atomic E-state index is 0.195. The fraction of sp³-hybridized carbons (Fsp3) is 0.667. The standard InChI is InChI=1S/C15H26N2O/c1-12(2)18-14-9-13(10-16-11-14)7-6-8-17-15(3,4)5/h9-12,17H,6-8H2,1-5H3. The van der Waals surface area contributed by atoms with Crippen LogP contribution in [0.2, 0.25) is 0 Å². The molecule has 3 nitrogen and oxygen atoms in total. The van der Waals surface area contributed by atoms with Crippen LogP contribution < -0.4 is 10.1 Å². The minimum atomic E-state index is 0.195. The van der Waals surface area contributed by atoms with E-state index in [0.29, 0.717) is 0 Å². The molecule has 0 saturated carbocycles. The van der Waals surface area contributed by atoms with Crippen molar-refractivity contribution in [3.8, 4) is 5.75 Å². The van der Waals surface area contributed by atoms with Gasteiger partial charge in [0.1, 0.15) is 5.75 Å². The molecule has 1 N–H and O–H groups in total. The highest BCUT2D eigenvalue weighted by molar-refractivity contribution is 5.23. The number of rotatable bonds is 6. The summed E-state index contributed by atoms with van der Waals surface area (Å²) < 4.78 is 5.64. The Balaban J connectivity index is 2.38. The predicted octanol–water partition coefficient (Wildman–Crippen LogP) is 3.19. The van der Waals surface area contributed by atoms with Crippen molar-refractivity contribution < 1.29 is 4.74 Å². The summed E-state index contributed by atoms with van der Waals surface area (Å²) in [6.07, 6.45) is 6.04. The van der Waals surface area contributed by atoms with Crippen LogP contribution in [-0.2, 0) is 6.42 Å². The van der Waals surface area contributed by atoms with E-state index in [0.717, 1.165) is 25.1 Å². The normalized spacial score (nSPS) is 11.9. The molecule has 1 rings (SSSR count). The van der Waals surface area contributed by atoms with E-state index in [1.807, 2.05) is 20.0 Å². The van der Waals surface area contributed by atoms with Crippen molar-refractivity contribution in [2.45, 2.75) is 59.1 Å². The van der Waals surface area contributed by atoms with Crippen molar-refractivity contribution in [3.05, 3.63) is 24.0 Å². The molecule has 18 heavy (non-hydrogen) atoms. The van der Waals surface area contributed by atoms with E-state index in [4.69, 9.17) is 4.74 Å². The summed E-state index contributed by atoms with van der Waals surface area (Å²) in [6.45, 7) is 11.6. The molecular formula is C15H26N2O. The van der Waals surface area contributed by atoms with Gasteiger partial charge in [0.05, 0.1) is 12.3 Å². The van der Waals surface area contributed by atoms with Crippen LogP contribution in [0.4, 0.5) is 0 Å².